The Hall–Kier alpha value is -7.94. The predicted octanol–water partition coefficient (Wildman–Crippen LogP) is 16.1. The van der Waals surface area contributed by atoms with Gasteiger partial charge in [0.15, 0.2) is 0 Å². The van der Waals surface area contributed by atoms with E-state index < -0.39 is 0 Å². The molecule has 2 heteroatoms. The highest BCUT2D eigenvalue weighted by atomic mass is 15.1. The summed E-state index contributed by atoms with van der Waals surface area (Å²) in [4.78, 5) is 2.47. The fraction of sp³-hybridized carbons (Fsp3) is 0. The molecule has 1 heterocycles. The third kappa shape index (κ3) is 6.23. The molecule has 0 N–H and O–H groups in total. The van der Waals surface area contributed by atoms with Crippen LogP contribution in [0.3, 0.4) is 0 Å². The molecule has 10 aromatic carbocycles. The Morgan fingerprint density at radius 1 is 0.300 bits per heavy atom. The first-order chi connectivity index (χ1) is 29.8. The van der Waals surface area contributed by atoms with E-state index in [1.165, 1.54) is 71.6 Å². The molecule has 2 nitrogen and oxygen atoms in total. The van der Waals surface area contributed by atoms with Crippen molar-refractivity contribution in [1.82, 2.24) is 4.57 Å². The Morgan fingerprint density at radius 3 is 1.43 bits per heavy atom. The van der Waals surface area contributed by atoms with Gasteiger partial charge in [-0.3, -0.25) is 0 Å². The monoisotopic (exact) mass is 764 g/mol. The fourth-order valence-corrected chi connectivity index (χ4v) is 9.00. The van der Waals surface area contributed by atoms with Crippen LogP contribution in [0.5, 0.6) is 0 Å². The first-order valence-electron chi connectivity index (χ1n) is 20.6. The van der Waals surface area contributed by atoms with Gasteiger partial charge in [0.05, 0.1) is 16.7 Å². The molecule has 0 aliphatic rings. The number of anilines is 3. The van der Waals surface area contributed by atoms with Gasteiger partial charge in [-0.15, -0.1) is 0 Å². The SMILES string of the molecule is c1ccc(-c2ccc(N(c3ccc(-c4ccc5ccccc5c4)c(-c4ccccc4)c3)c3cccc4c3c3ccccc3n4-c3ccccc3)cc2-c2ccccc2)cc1. The number of hydrogen-bond donors (Lipinski definition) is 0. The van der Waals surface area contributed by atoms with Gasteiger partial charge in [-0.25, -0.2) is 0 Å². The first-order valence-corrected chi connectivity index (χ1v) is 20.6. The summed E-state index contributed by atoms with van der Waals surface area (Å²) in [5, 5.41) is 4.87. The minimum Gasteiger partial charge on any atom is -0.310 e. The van der Waals surface area contributed by atoms with Gasteiger partial charge in [-0.1, -0.05) is 182 Å². The highest BCUT2D eigenvalue weighted by molar-refractivity contribution is 6.17. The van der Waals surface area contributed by atoms with E-state index in [9.17, 15) is 0 Å². The Kier molecular flexibility index (Phi) is 8.87. The summed E-state index contributed by atoms with van der Waals surface area (Å²) in [5.41, 5.74) is 16.2. The molecule has 11 rings (SSSR count). The lowest BCUT2D eigenvalue weighted by atomic mass is 9.91. The van der Waals surface area contributed by atoms with E-state index >= 15 is 0 Å². The van der Waals surface area contributed by atoms with Gasteiger partial charge in [-0.2, -0.15) is 0 Å². The van der Waals surface area contributed by atoms with E-state index in [1.807, 2.05) is 0 Å². The van der Waals surface area contributed by atoms with E-state index in [0.29, 0.717) is 0 Å². The normalized spacial score (nSPS) is 11.3. The summed E-state index contributed by atoms with van der Waals surface area (Å²) >= 11 is 0. The Morgan fingerprint density at radius 2 is 0.800 bits per heavy atom. The van der Waals surface area contributed by atoms with Crippen molar-refractivity contribution >= 4 is 49.6 Å². The second kappa shape index (κ2) is 15.1. The Labute approximate surface area is 350 Å². The van der Waals surface area contributed by atoms with Gasteiger partial charge in [0, 0.05) is 27.8 Å². The van der Waals surface area contributed by atoms with Crippen molar-refractivity contribution in [3.05, 3.63) is 243 Å². The van der Waals surface area contributed by atoms with Crippen molar-refractivity contribution in [3.8, 4) is 50.2 Å². The van der Waals surface area contributed by atoms with Crippen LogP contribution in [0.4, 0.5) is 17.1 Å². The fourth-order valence-electron chi connectivity index (χ4n) is 9.00. The number of para-hydroxylation sites is 2. The molecule has 0 atom stereocenters. The van der Waals surface area contributed by atoms with Gasteiger partial charge in [-0.05, 0) is 116 Å². The van der Waals surface area contributed by atoms with Crippen molar-refractivity contribution in [2.45, 2.75) is 0 Å². The summed E-state index contributed by atoms with van der Waals surface area (Å²) in [6.45, 7) is 0. The van der Waals surface area contributed by atoms with E-state index in [2.05, 4.69) is 252 Å². The van der Waals surface area contributed by atoms with Crippen LogP contribution in [-0.4, -0.2) is 4.57 Å². The van der Waals surface area contributed by atoms with E-state index in [4.69, 9.17) is 0 Å². The quantitative estimate of drug-likeness (QED) is 0.150. The van der Waals surface area contributed by atoms with E-state index in [0.717, 1.165) is 28.3 Å². The highest BCUT2D eigenvalue weighted by Crippen LogP contribution is 2.47. The van der Waals surface area contributed by atoms with Gasteiger partial charge < -0.3 is 9.47 Å². The van der Waals surface area contributed by atoms with Crippen LogP contribution >= 0.6 is 0 Å². The smallest absolute Gasteiger partial charge is 0.0562 e. The molecule has 0 saturated heterocycles. The lowest BCUT2D eigenvalue weighted by molar-refractivity contribution is 1.18. The van der Waals surface area contributed by atoms with Crippen LogP contribution in [0.15, 0.2) is 243 Å². The lowest BCUT2D eigenvalue weighted by Gasteiger charge is -2.29. The summed E-state index contributed by atoms with van der Waals surface area (Å²) in [6.07, 6.45) is 0. The van der Waals surface area contributed by atoms with Gasteiger partial charge in [0.25, 0.3) is 0 Å². The number of benzene rings is 10. The number of hydrogen-bond acceptors (Lipinski definition) is 1. The second-order valence-electron chi connectivity index (χ2n) is 15.3. The average molecular weight is 765 g/mol. The van der Waals surface area contributed by atoms with E-state index in [1.54, 1.807) is 0 Å². The van der Waals surface area contributed by atoms with Crippen molar-refractivity contribution in [1.29, 1.82) is 0 Å². The van der Waals surface area contributed by atoms with Gasteiger partial charge in [0.1, 0.15) is 0 Å². The maximum Gasteiger partial charge on any atom is 0.0562 e. The zero-order valence-corrected chi connectivity index (χ0v) is 33.0. The Bertz CT molecular complexity index is 3300. The molecule has 0 unspecified atom stereocenters. The minimum absolute atomic E-state index is 1.08. The molecule has 0 radical (unpaired) electrons. The molecule has 0 fully saturated rings. The molecule has 0 spiro atoms. The second-order valence-corrected chi connectivity index (χ2v) is 15.3. The predicted molar refractivity (Wildman–Crippen MR) is 255 cm³/mol. The zero-order chi connectivity index (χ0) is 39.8. The molecular formula is C58H40N2. The standard InChI is InChI=1S/C58H40N2/c1-5-19-42(20-6-1)50-36-34-48(39-53(50)43-21-7-2-8-22-43)59(56-30-17-31-57-58(56)52-28-15-16-29-55(52)60(57)47-26-11-4-12-27-47)49-35-37-51(54(40-49)44-23-9-3-10-24-44)46-33-32-41-18-13-14-25-45(41)38-46/h1-40H. The molecule has 11 aromatic rings. The minimum atomic E-state index is 1.08. The van der Waals surface area contributed by atoms with Crippen LogP contribution in [0.25, 0.3) is 82.8 Å². The summed E-state index contributed by atoms with van der Waals surface area (Å²) in [7, 11) is 0. The largest absolute Gasteiger partial charge is 0.310 e. The maximum absolute atomic E-state index is 2.47. The van der Waals surface area contributed by atoms with Crippen LogP contribution in [0, 0.1) is 0 Å². The summed E-state index contributed by atoms with van der Waals surface area (Å²) in [6, 6.07) is 88.0. The van der Waals surface area contributed by atoms with Crippen LogP contribution in [0.1, 0.15) is 0 Å². The molecule has 282 valence electrons. The lowest BCUT2D eigenvalue weighted by Crippen LogP contribution is -2.11. The van der Waals surface area contributed by atoms with Crippen molar-refractivity contribution in [3.63, 3.8) is 0 Å². The molecule has 0 saturated carbocycles. The molecule has 0 bridgehead atoms. The summed E-state index contributed by atoms with van der Waals surface area (Å²) < 4.78 is 2.40. The topological polar surface area (TPSA) is 8.17 Å². The molecule has 0 aliphatic carbocycles. The third-order valence-corrected chi connectivity index (χ3v) is 11.8. The zero-order valence-electron chi connectivity index (χ0n) is 33.0. The molecular weight excluding hydrogens is 725 g/mol. The molecule has 0 aliphatic heterocycles. The molecule has 0 amide bonds. The number of nitrogens with zero attached hydrogens (tertiary/aromatic N) is 2. The maximum atomic E-state index is 2.47. The molecule has 1 aromatic heterocycles. The Balaban J connectivity index is 1.21. The van der Waals surface area contributed by atoms with Crippen LogP contribution in [0.2, 0.25) is 0 Å². The van der Waals surface area contributed by atoms with Gasteiger partial charge >= 0.3 is 0 Å². The van der Waals surface area contributed by atoms with Crippen LogP contribution in [-0.2, 0) is 0 Å². The van der Waals surface area contributed by atoms with Crippen molar-refractivity contribution < 1.29 is 0 Å². The highest BCUT2D eigenvalue weighted by Gasteiger charge is 2.23. The number of fused-ring (bicyclic) bond motifs is 4. The number of aromatic nitrogens is 1. The summed E-state index contributed by atoms with van der Waals surface area (Å²) in [5.74, 6) is 0. The van der Waals surface area contributed by atoms with E-state index in [-0.39, 0.29) is 0 Å². The first kappa shape index (κ1) is 35.2. The third-order valence-electron chi connectivity index (χ3n) is 11.8. The van der Waals surface area contributed by atoms with Gasteiger partial charge in [0.2, 0.25) is 0 Å². The van der Waals surface area contributed by atoms with Crippen LogP contribution < -0.4 is 4.90 Å². The average Bonchev–Trinajstić information content (AvgIpc) is 3.67. The number of rotatable bonds is 8. The molecule has 60 heavy (non-hydrogen) atoms. The van der Waals surface area contributed by atoms with Crippen molar-refractivity contribution in [2.75, 3.05) is 4.90 Å². The van der Waals surface area contributed by atoms with Crippen molar-refractivity contribution in [2.24, 2.45) is 0 Å².